The molecule has 0 unspecified atom stereocenters. The van der Waals surface area contributed by atoms with E-state index in [0.717, 1.165) is 32.4 Å². The van der Waals surface area contributed by atoms with Crippen LogP contribution in [0.25, 0.3) is 0 Å². The molecule has 0 bridgehead atoms. The molecule has 0 atom stereocenters. The summed E-state index contributed by atoms with van der Waals surface area (Å²) in [5.74, 6) is -0.0804. The SMILES string of the molecule is CCC1(C(=O)Nc2ccc(Cl)c([N+](=O)[O-])c2)CCNCC1. The van der Waals surface area contributed by atoms with Gasteiger partial charge in [0.25, 0.3) is 5.69 Å². The molecule has 114 valence electrons. The molecule has 0 aromatic heterocycles. The first-order chi connectivity index (χ1) is 9.98. The van der Waals surface area contributed by atoms with Crippen molar-refractivity contribution in [3.8, 4) is 0 Å². The van der Waals surface area contributed by atoms with Crippen molar-refractivity contribution in [2.45, 2.75) is 26.2 Å². The van der Waals surface area contributed by atoms with Gasteiger partial charge in [-0.05, 0) is 44.5 Å². The number of hydrogen-bond acceptors (Lipinski definition) is 4. The van der Waals surface area contributed by atoms with Gasteiger partial charge in [0, 0.05) is 11.8 Å². The number of nitro benzene ring substituents is 1. The number of carbonyl (C=O) groups is 1. The standard InChI is InChI=1S/C14H18ClN3O3/c1-2-14(5-7-16-8-6-14)13(19)17-10-3-4-11(15)12(9-10)18(20)21/h3-4,9,16H,2,5-8H2,1H3,(H,17,19). The van der Waals surface area contributed by atoms with Crippen molar-refractivity contribution in [3.63, 3.8) is 0 Å². The molecule has 21 heavy (non-hydrogen) atoms. The Kier molecular flexibility index (Phi) is 4.80. The van der Waals surface area contributed by atoms with Gasteiger partial charge in [0.1, 0.15) is 5.02 Å². The van der Waals surface area contributed by atoms with E-state index in [2.05, 4.69) is 10.6 Å². The van der Waals surface area contributed by atoms with E-state index in [-0.39, 0.29) is 16.6 Å². The van der Waals surface area contributed by atoms with Crippen molar-refractivity contribution in [3.05, 3.63) is 33.3 Å². The molecule has 1 aliphatic heterocycles. The van der Waals surface area contributed by atoms with Crippen LogP contribution in [0.5, 0.6) is 0 Å². The minimum atomic E-state index is -0.557. The maximum absolute atomic E-state index is 12.5. The van der Waals surface area contributed by atoms with Gasteiger partial charge in [0.15, 0.2) is 0 Å². The summed E-state index contributed by atoms with van der Waals surface area (Å²) in [5, 5.41) is 17.0. The number of nitrogens with one attached hydrogen (secondary N) is 2. The van der Waals surface area contributed by atoms with Crippen molar-refractivity contribution in [2.24, 2.45) is 5.41 Å². The van der Waals surface area contributed by atoms with Gasteiger partial charge >= 0.3 is 0 Å². The molecule has 1 aromatic carbocycles. The Labute approximate surface area is 128 Å². The number of halogens is 1. The highest BCUT2D eigenvalue weighted by molar-refractivity contribution is 6.32. The fourth-order valence-corrected chi connectivity index (χ4v) is 2.83. The Bertz CT molecular complexity index is 556. The van der Waals surface area contributed by atoms with Crippen molar-refractivity contribution in [2.75, 3.05) is 18.4 Å². The van der Waals surface area contributed by atoms with Gasteiger partial charge in [-0.25, -0.2) is 0 Å². The van der Waals surface area contributed by atoms with E-state index in [4.69, 9.17) is 11.6 Å². The van der Waals surface area contributed by atoms with Crippen LogP contribution >= 0.6 is 11.6 Å². The van der Waals surface area contributed by atoms with Gasteiger partial charge in [0.2, 0.25) is 5.91 Å². The van der Waals surface area contributed by atoms with Crippen molar-refractivity contribution in [1.29, 1.82) is 0 Å². The second-order valence-electron chi connectivity index (χ2n) is 5.26. The highest BCUT2D eigenvalue weighted by atomic mass is 35.5. The average molecular weight is 312 g/mol. The molecule has 2 N–H and O–H groups in total. The molecule has 0 spiro atoms. The number of benzene rings is 1. The molecule has 7 heteroatoms. The number of rotatable bonds is 4. The van der Waals surface area contributed by atoms with Gasteiger partial charge in [-0.15, -0.1) is 0 Å². The van der Waals surface area contributed by atoms with Crippen LogP contribution in [-0.4, -0.2) is 23.9 Å². The van der Waals surface area contributed by atoms with Crippen LogP contribution in [0.2, 0.25) is 5.02 Å². The molecular weight excluding hydrogens is 294 g/mol. The molecule has 0 aliphatic carbocycles. The summed E-state index contributed by atoms with van der Waals surface area (Å²) in [6.07, 6.45) is 2.28. The fraction of sp³-hybridized carbons (Fsp3) is 0.500. The Balaban J connectivity index is 2.19. The van der Waals surface area contributed by atoms with E-state index in [1.54, 1.807) is 6.07 Å². The predicted molar refractivity (Wildman–Crippen MR) is 81.6 cm³/mol. The molecule has 1 amide bonds. The second-order valence-corrected chi connectivity index (χ2v) is 5.67. The summed E-state index contributed by atoms with van der Waals surface area (Å²) in [6.45, 7) is 3.61. The minimum Gasteiger partial charge on any atom is -0.325 e. The molecule has 2 rings (SSSR count). The van der Waals surface area contributed by atoms with Gasteiger partial charge < -0.3 is 10.6 Å². The fourth-order valence-electron chi connectivity index (χ4n) is 2.64. The topological polar surface area (TPSA) is 84.3 Å². The maximum Gasteiger partial charge on any atom is 0.289 e. The molecule has 1 aromatic rings. The first-order valence-corrected chi connectivity index (χ1v) is 7.32. The largest absolute Gasteiger partial charge is 0.325 e. The van der Waals surface area contributed by atoms with Gasteiger partial charge in [-0.3, -0.25) is 14.9 Å². The Morgan fingerprint density at radius 3 is 2.71 bits per heavy atom. The molecule has 0 saturated carbocycles. The lowest BCUT2D eigenvalue weighted by atomic mass is 9.76. The highest BCUT2D eigenvalue weighted by Crippen LogP contribution is 2.35. The van der Waals surface area contributed by atoms with Crippen LogP contribution in [0.3, 0.4) is 0 Å². The van der Waals surface area contributed by atoms with Crippen LogP contribution in [0, 0.1) is 15.5 Å². The number of carbonyl (C=O) groups excluding carboxylic acids is 1. The predicted octanol–water partition coefficient (Wildman–Crippen LogP) is 2.97. The van der Waals surface area contributed by atoms with Crippen molar-refractivity contribution < 1.29 is 9.72 Å². The highest BCUT2D eigenvalue weighted by Gasteiger charge is 2.37. The second kappa shape index (κ2) is 6.41. The number of nitro groups is 1. The summed E-state index contributed by atoms with van der Waals surface area (Å²) >= 11 is 5.77. The van der Waals surface area contributed by atoms with E-state index in [1.807, 2.05) is 6.92 Å². The smallest absolute Gasteiger partial charge is 0.289 e. The minimum absolute atomic E-state index is 0.0603. The molecule has 1 fully saturated rings. The van der Waals surface area contributed by atoms with E-state index in [9.17, 15) is 14.9 Å². The van der Waals surface area contributed by atoms with Crippen molar-refractivity contribution in [1.82, 2.24) is 5.32 Å². The van der Waals surface area contributed by atoms with Crippen LogP contribution in [0.1, 0.15) is 26.2 Å². The Hall–Kier alpha value is -1.66. The summed E-state index contributed by atoms with van der Waals surface area (Å²) in [7, 11) is 0. The van der Waals surface area contributed by atoms with E-state index < -0.39 is 10.3 Å². The average Bonchev–Trinajstić information content (AvgIpc) is 2.49. The Morgan fingerprint density at radius 2 is 2.14 bits per heavy atom. The zero-order valence-electron chi connectivity index (χ0n) is 11.8. The quantitative estimate of drug-likeness (QED) is 0.661. The molecule has 1 heterocycles. The van der Waals surface area contributed by atoms with Crippen LogP contribution in [0.15, 0.2) is 18.2 Å². The zero-order valence-corrected chi connectivity index (χ0v) is 12.6. The van der Waals surface area contributed by atoms with E-state index in [1.165, 1.54) is 12.1 Å². The van der Waals surface area contributed by atoms with Crippen LogP contribution < -0.4 is 10.6 Å². The lowest BCUT2D eigenvalue weighted by Crippen LogP contribution is -2.44. The van der Waals surface area contributed by atoms with Gasteiger partial charge in [-0.1, -0.05) is 18.5 Å². The Morgan fingerprint density at radius 1 is 1.48 bits per heavy atom. The summed E-state index contributed by atoms with van der Waals surface area (Å²) in [4.78, 5) is 22.9. The lowest BCUT2D eigenvalue weighted by molar-refractivity contribution is -0.384. The number of hydrogen-bond donors (Lipinski definition) is 2. The summed E-state index contributed by atoms with van der Waals surface area (Å²) in [6, 6.07) is 4.30. The lowest BCUT2D eigenvalue weighted by Gasteiger charge is -2.35. The number of amides is 1. The van der Waals surface area contributed by atoms with Gasteiger partial charge in [-0.2, -0.15) is 0 Å². The molecule has 1 aliphatic rings. The van der Waals surface area contributed by atoms with Crippen LogP contribution in [-0.2, 0) is 4.79 Å². The van der Waals surface area contributed by atoms with Crippen molar-refractivity contribution >= 4 is 28.9 Å². The maximum atomic E-state index is 12.5. The van der Waals surface area contributed by atoms with Crippen LogP contribution in [0.4, 0.5) is 11.4 Å². The third-order valence-corrected chi connectivity index (χ3v) is 4.44. The molecule has 6 nitrogen and oxygen atoms in total. The number of piperidine rings is 1. The molecule has 1 saturated heterocycles. The number of anilines is 1. The van der Waals surface area contributed by atoms with E-state index >= 15 is 0 Å². The molecular formula is C14H18ClN3O3. The first-order valence-electron chi connectivity index (χ1n) is 6.94. The van der Waals surface area contributed by atoms with E-state index in [0.29, 0.717) is 5.69 Å². The first kappa shape index (κ1) is 15.7. The third kappa shape index (κ3) is 3.33. The summed E-state index contributed by atoms with van der Waals surface area (Å²) in [5.41, 5.74) is -0.201. The normalized spacial score (nSPS) is 17.2. The third-order valence-electron chi connectivity index (χ3n) is 4.12. The summed E-state index contributed by atoms with van der Waals surface area (Å²) < 4.78 is 0. The monoisotopic (exact) mass is 311 g/mol. The number of nitrogens with zero attached hydrogens (tertiary/aromatic N) is 1. The zero-order chi connectivity index (χ0) is 15.5. The molecule has 0 radical (unpaired) electrons. The van der Waals surface area contributed by atoms with Gasteiger partial charge in [0.05, 0.1) is 10.3 Å².